The summed E-state index contributed by atoms with van der Waals surface area (Å²) in [5.74, 6) is 0.108. The fourth-order valence-electron chi connectivity index (χ4n) is 2.48. The van der Waals surface area contributed by atoms with Gasteiger partial charge >= 0.3 is 0 Å². The van der Waals surface area contributed by atoms with E-state index in [0.717, 1.165) is 41.9 Å². The van der Waals surface area contributed by atoms with E-state index in [2.05, 4.69) is 17.2 Å². The maximum atomic E-state index is 12.5. The smallest absolute Gasteiger partial charge is 0.229 e. The summed E-state index contributed by atoms with van der Waals surface area (Å²) in [7, 11) is 1.83. The van der Waals surface area contributed by atoms with E-state index < -0.39 is 0 Å². The minimum Gasteiger partial charge on any atom is -0.331 e. The molecule has 7 heteroatoms. The molecule has 0 aliphatic carbocycles. The van der Waals surface area contributed by atoms with Crippen molar-refractivity contribution in [2.24, 2.45) is 11.7 Å². The molecule has 0 spiro atoms. The van der Waals surface area contributed by atoms with Gasteiger partial charge in [-0.05, 0) is 31.0 Å². The largest absolute Gasteiger partial charge is 0.331 e. The lowest BCUT2D eigenvalue weighted by atomic mass is 10.0. The van der Waals surface area contributed by atoms with Gasteiger partial charge in [0.1, 0.15) is 0 Å². The Labute approximate surface area is 179 Å². The van der Waals surface area contributed by atoms with Crippen molar-refractivity contribution in [2.75, 3.05) is 23.8 Å². The van der Waals surface area contributed by atoms with Crippen molar-refractivity contribution in [3.8, 4) is 11.3 Å². The van der Waals surface area contributed by atoms with Gasteiger partial charge in [0.15, 0.2) is 5.13 Å². The molecule has 3 N–H and O–H groups in total. The number of rotatable bonds is 7. The zero-order valence-corrected chi connectivity index (χ0v) is 19.6. The van der Waals surface area contributed by atoms with Crippen LogP contribution in [0.15, 0.2) is 23.6 Å². The number of nitrogens with one attached hydrogen (secondary N) is 1. The van der Waals surface area contributed by atoms with Crippen LogP contribution in [-0.2, 0) is 16.0 Å². The van der Waals surface area contributed by atoms with Crippen LogP contribution in [0.25, 0.3) is 11.3 Å². The molecule has 2 aromatic rings. The van der Waals surface area contributed by atoms with Gasteiger partial charge < -0.3 is 16.0 Å². The maximum absolute atomic E-state index is 12.5. The molecule has 162 valence electrons. The highest BCUT2D eigenvalue weighted by molar-refractivity contribution is 7.14. The minimum absolute atomic E-state index is 0.00831. The summed E-state index contributed by atoms with van der Waals surface area (Å²) < 4.78 is 0. The Morgan fingerprint density at radius 3 is 2.45 bits per heavy atom. The number of hydrogen-bond acceptors (Lipinski definition) is 5. The Balaban J connectivity index is 0.00000143. The lowest BCUT2D eigenvalue weighted by Crippen LogP contribution is -2.32. The van der Waals surface area contributed by atoms with Gasteiger partial charge in [-0.3, -0.25) is 9.59 Å². The monoisotopic (exact) mass is 420 g/mol. The number of anilines is 2. The molecule has 6 nitrogen and oxygen atoms in total. The number of nitrogens with two attached hydrogens (primary N) is 1. The number of carbonyl (C=O) groups is 2. The zero-order chi connectivity index (χ0) is 22.4. The van der Waals surface area contributed by atoms with E-state index in [4.69, 9.17) is 5.73 Å². The van der Waals surface area contributed by atoms with Gasteiger partial charge in [0, 0.05) is 29.6 Å². The second-order valence-electron chi connectivity index (χ2n) is 6.11. The normalized spacial score (nSPS) is 10.6. The van der Waals surface area contributed by atoms with Crippen molar-refractivity contribution >= 4 is 34.5 Å². The van der Waals surface area contributed by atoms with Crippen molar-refractivity contribution in [1.29, 1.82) is 0 Å². The van der Waals surface area contributed by atoms with Crippen LogP contribution in [0.3, 0.4) is 0 Å². The quantitative estimate of drug-likeness (QED) is 0.621. The summed E-state index contributed by atoms with van der Waals surface area (Å²) in [6, 6.07) is 6.04. The van der Waals surface area contributed by atoms with E-state index in [0.29, 0.717) is 11.5 Å². The van der Waals surface area contributed by atoms with E-state index in [9.17, 15) is 9.59 Å². The van der Waals surface area contributed by atoms with Crippen LogP contribution in [0.4, 0.5) is 10.8 Å². The summed E-state index contributed by atoms with van der Waals surface area (Å²) in [5, 5.41) is 5.02. The first-order chi connectivity index (χ1) is 13.9. The number of nitrogens with zero attached hydrogens (tertiary/aromatic N) is 2. The third kappa shape index (κ3) is 7.95. The fourth-order valence-corrected chi connectivity index (χ4v) is 3.16. The molecule has 0 aliphatic heterocycles. The maximum Gasteiger partial charge on any atom is 0.229 e. The molecule has 1 aromatic heterocycles. The second kappa shape index (κ2) is 14.7. The second-order valence-corrected chi connectivity index (χ2v) is 6.97. The number of aromatic nitrogens is 1. The first-order valence-corrected chi connectivity index (χ1v) is 11.1. The Bertz CT molecular complexity index is 746. The van der Waals surface area contributed by atoms with E-state index in [-0.39, 0.29) is 11.8 Å². The third-order valence-corrected chi connectivity index (χ3v) is 4.95. The molecule has 1 unspecified atom stereocenters. The lowest BCUT2D eigenvalue weighted by Gasteiger charge is -2.24. The number of amides is 2. The molecule has 1 atom stereocenters. The van der Waals surface area contributed by atoms with Crippen LogP contribution in [-0.4, -0.2) is 30.9 Å². The molecule has 0 aliphatic rings. The molecule has 0 saturated heterocycles. The van der Waals surface area contributed by atoms with Gasteiger partial charge in [-0.25, -0.2) is 4.98 Å². The number of benzene rings is 1. The van der Waals surface area contributed by atoms with Crippen molar-refractivity contribution in [1.82, 2.24) is 4.98 Å². The molecule has 1 aromatic carbocycles. The van der Waals surface area contributed by atoms with E-state index in [1.54, 1.807) is 4.90 Å². The third-order valence-electron chi connectivity index (χ3n) is 4.17. The fraction of sp³-hybridized carbons (Fsp3) is 0.500. The standard InChI is InChI=1S/C18H23N3O2S.C2H7N.C2H6/c1-5-12(3)17(23)21(4)16-9-14(8-7-13(16)6-2)15-10-24-18(20-15)19-11-22;1-2-3;1-2/h7-12H,5-6H2,1-4H3,(H,19,20,22);2-3H2,1H3;1-2H3. The highest BCUT2D eigenvalue weighted by atomic mass is 32.1. The molecule has 0 radical (unpaired) electrons. The Kier molecular flexibility index (Phi) is 13.6. The molecule has 2 rings (SSSR count). The molecular formula is C22H36N4O2S. The number of aryl methyl sites for hydroxylation is 1. The summed E-state index contributed by atoms with van der Waals surface area (Å²) in [6.45, 7) is 12.7. The molecule has 2 amide bonds. The topological polar surface area (TPSA) is 88.3 Å². The van der Waals surface area contributed by atoms with Crippen LogP contribution >= 0.6 is 11.3 Å². The van der Waals surface area contributed by atoms with Crippen molar-refractivity contribution in [2.45, 2.75) is 54.4 Å². The number of hydrogen-bond donors (Lipinski definition) is 2. The Morgan fingerprint density at radius 1 is 1.31 bits per heavy atom. The average Bonchev–Trinajstić information content (AvgIpc) is 3.22. The van der Waals surface area contributed by atoms with E-state index in [1.165, 1.54) is 11.3 Å². The predicted octanol–water partition coefficient (Wildman–Crippen LogP) is 4.94. The van der Waals surface area contributed by atoms with Gasteiger partial charge in [-0.2, -0.15) is 0 Å². The van der Waals surface area contributed by atoms with Gasteiger partial charge in [-0.1, -0.05) is 53.7 Å². The van der Waals surface area contributed by atoms with Crippen LogP contribution < -0.4 is 16.0 Å². The van der Waals surface area contributed by atoms with Crippen LogP contribution in [0.5, 0.6) is 0 Å². The first kappa shape index (κ1) is 26.8. The van der Waals surface area contributed by atoms with Crippen molar-refractivity contribution < 1.29 is 9.59 Å². The van der Waals surface area contributed by atoms with E-state index in [1.807, 2.05) is 65.2 Å². The summed E-state index contributed by atoms with van der Waals surface area (Å²) in [6.07, 6.45) is 2.28. The summed E-state index contributed by atoms with van der Waals surface area (Å²) in [5.41, 5.74) is 8.61. The number of carbonyl (C=O) groups excluding carboxylic acids is 2. The summed E-state index contributed by atoms with van der Waals surface area (Å²) >= 11 is 1.37. The van der Waals surface area contributed by atoms with Gasteiger partial charge in [-0.15, -0.1) is 11.3 Å². The molecule has 29 heavy (non-hydrogen) atoms. The van der Waals surface area contributed by atoms with Crippen molar-refractivity contribution in [3.05, 3.63) is 29.1 Å². The molecule has 0 saturated carbocycles. The Morgan fingerprint density at radius 2 is 1.93 bits per heavy atom. The van der Waals surface area contributed by atoms with Crippen LogP contribution in [0, 0.1) is 5.92 Å². The Hall–Kier alpha value is -2.25. The van der Waals surface area contributed by atoms with Gasteiger partial charge in [0.25, 0.3) is 0 Å². The van der Waals surface area contributed by atoms with Crippen molar-refractivity contribution in [3.63, 3.8) is 0 Å². The lowest BCUT2D eigenvalue weighted by molar-refractivity contribution is -0.121. The first-order valence-electron chi connectivity index (χ1n) is 10.2. The van der Waals surface area contributed by atoms with E-state index >= 15 is 0 Å². The zero-order valence-electron chi connectivity index (χ0n) is 18.8. The molecule has 0 bridgehead atoms. The molecule has 0 fully saturated rings. The highest BCUT2D eigenvalue weighted by Crippen LogP contribution is 2.31. The van der Waals surface area contributed by atoms with Gasteiger partial charge in [0.05, 0.1) is 5.69 Å². The average molecular weight is 421 g/mol. The number of thiazole rings is 1. The van der Waals surface area contributed by atoms with Gasteiger partial charge in [0.2, 0.25) is 12.3 Å². The molecular weight excluding hydrogens is 384 g/mol. The SMILES string of the molecule is CC.CCN.CCc1ccc(-c2csc(NC=O)n2)cc1N(C)C(=O)C(C)CC. The van der Waals surface area contributed by atoms with Crippen LogP contribution in [0.2, 0.25) is 0 Å². The molecule has 1 heterocycles. The highest BCUT2D eigenvalue weighted by Gasteiger charge is 2.20. The van der Waals surface area contributed by atoms with Crippen LogP contribution in [0.1, 0.15) is 53.5 Å². The predicted molar refractivity (Wildman–Crippen MR) is 126 cm³/mol. The summed E-state index contributed by atoms with van der Waals surface area (Å²) in [4.78, 5) is 29.2. The minimum atomic E-state index is -0.00831.